The van der Waals surface area contributed by atoms with Gasteiger partial charge in [-0.25, -0.2) is 0 Å². The maximum absolute atomic E-state index is 2.18. The van der Waals surface area contributed by atoms with Crippen molar-refractivity contribution in [2.24, 2.45) is 0 Å². The first-order valence-electron chi connectivity index (χ1n) is 5.52. The van der Waals surface area contributed by atoms with Gasteiger partial charge in [0.2, 0.25) is 0 Å². The summed E-state index contributed by atoms with van der Waals surface area (Å²) >= 11 is 0. The molecule has 1 aromatic rings. The van der Waals surface area contributed by atoms with Gasteiger partial charge < -0.3 is 4.90 Å². The van der Waals surface area contributed by atoms with Gasteiger partial charge in [-0.2, -0.15) is 0 Å². The van der Waals surface area contributed by atoms with Crippen molar-refractivity contribution in [3.05, 3.63) is 35.4 Å². The summed E-state index contributed by atoms with van der Waals surface area (Å²) in [4.78, 5) is 2.10. The molecule has 0 saturated carbocycles. The number of anilines is 1. The third-order valence-electron chi connectivity index (χ3n) is 1.86. The number of benzene rings is 1. The number of allylic oxidation sites excluding steroid dienone is 1. The summed E-state index contributed by atoms with van der Waals surface area (Å²) in [5, 5.41) is 0. The van der Waals surface area contributed by atoms with Crippen LogP contribution in [0.5, 0.6) is 0 Å². The van der Waals surface area contributed by atoms with Crippen LogP contribution in [0, 0.1) is 0 Å². The zero-order valence-electron chi connectivity index (χ0n) is 10.8. The van der Waals surface area contributed by atoms with Crippen LogP contribution in [0.4, 0.5) is 5.69 Å². The maximum Gasteiger partial charge on any atom is 0.0361 e. The lowest BCUT2D eigenvalue weighted by Crippen LogP contribution is -2.07. The van der Waals surface area contributed by atoms with Gasteiger partial charge in [0.05, 0.1) is 0 Å². The summed E-state index contributed by atoms with van der Waals surface area (Å²) in [5.74, 6) is 0. The number of nitrogens with zero attached hydrogens (tertiary/aromatic N) is 1. The number of rotatable bonds is 2. The monoisotopic (exact) mass is 205 g/mol. The van der Waals surface area contributed by atoms with Gasteiger partial charge in [0.15, 0.2) is 0 Å². The molecule has 0 N–H and O–H groups in total. The van der Waals surface area contributed by atoms with E-state index in [-0.39, 0.29) is 0 Å². The highest BCUT2D eigenvalue weighted by Gasteiger charge is 1.93. The summed E-state index contributed by atoms with van der Waals surface area (Å²) < 4.78 is 0. The second-order valence-corrected chi connectivity index (χ2v) is 3.71. The van der Waals surface area contributed by atoms with E-state index in [1.165, 1.54) is 16.8 Å². The summed E-state index contributed by atoms with van der Waals surface area (Å²) in [6, 6.07) is 8.55. The van der Waals surface area contributed by atoms with Crippen molar-refractivity contribution in [2.75, 3.05) is 19.0 Å². The first-order chi connectivity index (χ1) is 7.09. The molecule has 1 heteroatoms. The van der Waals surface area contributed by atoms with Gasteiger partial charge in [0, 0.05) is 19.8 Å². The molecule has 0 aliphatic heterocycles. The highest BCUT2D eigenvalue weighted by Crippen LogP contribution is 2.14. The zero-order chi connectivity index (χ0) is 11.8. The van der Waals surface area contributed by atoms with Crippen molar-refractivity contribution in [1.82, 2.24) is 0 Å². The van der Waals surface area contributed by atoms with E-state index < -0.39 is 0 Å². The Morgan fingerprint density at radius 3 is 1.80 bits per heavy atom. The zero-order valence-corrected chi connectivity index (χ0v) is 10.8. The Balaban J connectivity index is 0.000000921. The third kappa shape index (κ3) is 5.26. The van der Waals surface area contributed by atoms with Crippen molar-refractivity contribution in [3.63, 3.8) is 0 Å². The van der Waals surface area contributed by atoms with Gasteiger partial charge in [-0.1, -0.05) is 37.6 Å². The Kier molecular flexibility index (Phi) is 6.52. The molecule has 1 rings (SSSR count). The number of hydrogen-bond acceptors (Lipinski definition) is 1. The lowest BCUT2D eigenvalue weighted by Gasteiger charge is -2.11. The molecular weight excluding hydrogens is 182 g/mol. The lowest BCUT2D eigenvalue weighted by atomic mass is 10.1. The van der Waals surface area contributed by atoms with E-state index in [0.29, 0.717) is 0 Å². The van der Waals surface area contributed by atoms with Crippen LogP contribution in [0.3, 0.4) is 0 Å². The summed E-state index contributed by atoms with van der Waals surface area (Å²) in [5.41, 5.74) is 3.84. The van der Waals surface area contributed by atoms with E-state index >= 15 is 0 Å². The fourth-order valence-electron chi connectivity index (χ4n) is 1.20. The molecule has 1 nitrogen and oxygen atoms in total. The predicted molar refractivity (Wildman–Crippen MR) is 71.4 cm³/mol. The first-order valence-corrected chi connectivity index (χ1v) is 5.52. The van der Waals surface area contributed by atoms with Crippen LogP contribution in [0.15, 0.2) is 29.8 Å². The fraction of sp³-hybridized carbons (Fsp3) is 0.429. The van der Waals surface area contributed by atoms with Crippen molar-refractivity contribution in [2.45, 2.75) is 27.7 Å². The highest BCUT2D eigenvalue weighted by molar-refractivity contribution is 5.56. The lowest BCUT2D eigenvalue weighted by molar-refractivity contribution is 1.13. The minimum atomic E-state index is 1.24. The van der Waals surface area contributed by atoms with Crippen LogP contribution >= 0.6 is 0 Å². The van der Waals surface area contributed by atoms with Gasteiger partial charge in [-0.05, 0) is 31.5 Å². The maximum atomic E-state index is 2.18. The van der Waals surface area contributed by atoms with Crippen LogP contribution in [0.1, 0.15) is 33.3 Å². The van der Waals surface area contributed by atoms with Crippen molar-refractivity contribution in [1.29, 1.82) is 0 Å². The Hall–Kier alpha value is -1.24. The van der Waals surface area contributed by atoms with E-state index in [9.17, 15) is 0 Å². The molecule has 0 heterocycles. The first kappa shape index (κ1) is 13.8. The molecule has 0 aliphatic rings. The third-order valence-corrected chi connectivity index (χ3v) is 1.86. The molecule has 0 unspecified atom stereocenters. The van der Waals surface area contributed by atoms with Gasteiger partial charge in [0.25, 0.3) is 0 Å². The highest BCUT2D eigenvalue weighted by atomic mass is 15.1. The Morgan fingerprint density at radius 1 is 1.00 bits per heavy atom. The molecule has 0 aromatic heterocycles. The van der Waals surface area contributed by atoms with Crippen LogP contribution in [-0.4, -0.2) is 14.1 Å². The standard InChI is InChI=1S/C12H17N.C2H6/c1-10(2)9-11-5-7-12(8-6-11)13(3)4;1-2/h5-9H,1-4H3;1-2H3. The average Bonchev–Trinajstić information content (AvgIpc) is 2.20. The van der Waals surface area contributed by atoms with Gasteiger partial charge >= 0.3 is 0 Å². The minimum absolute atomic E-state index is 1.24. The van der Waals surface area contributed by atoms with Crippen LogP contribution in [0.2, 0.25) is 0 Å². The molecule has 0 spiro atoms. The smallest absolute Gasteiger partial charge is 0.0361 e. The molecule has 0 saturated heterocycles. The number of hydrogen-bond donors (Lipinski definition) is 0. The fourth-order valence-corrected chi connectivity index (χ4v) is 1.20. The predicted octanol–water partition coefficient (Wildman–Crippen LogP) is 4.20. The normalized spacial score (nSPS) is 8.67. The quantitative estimate of drug-likeness (QED) is 0.699. The van der Waals surface area contributed by atoms with E-state index in [4.69, 9.17) is 0 Å². The topological polar surface area (TPSA) is 3.24 Å². The Morgan fingerprint density at radius 2 is 1.47 bits per heavy atom. The second kappa shape index (κ2) is 7.10. The molecule has 84 valence electrons. The SMILES string of the molecule is CC.CC(C)=Cc1ccc(N(C)C)cc1. The molecule has 0 radical (unpaired) electrons. The molecule has 0 bridgehead atoms. The Labute approximate surface area is 94.4 Å². The van der Waals surface area contributed by atoms with E-state index in [2.05, 4.69) is 63.2 Å². The summed E-state index contributed by atoms with van der Waals surface area (Å²) in [7, 11) is 4.10. The second-order valence-electron chi connectivity index (χ2n) is 3.71. The molecule has 0 fully saturated rings. The summed E-state index contributed by atoms with van der Waals surface area (Å²) in [6.45, 7) is 8.22. The van der Waals surface area contributed by atoms with Crippen LogP contribution < -0.4 is 4.90 Å². The van der Waals surface area contributed by atoms with Gasteiger partial charge in [-0.3, -0.25) is 0 Å². The molecular formula is C14H23N. The minimum Gasteiger partial charge on any atom is -0.378 e. The average molecular weight is 205 g/mol. The molecule has 0 atom stereocenters. The van der Waals surface area contributed by atoms with Crippen molar-refractivity contribution in [3.8, 4) is 0 Å². The van der Waals surface area contributed by atoms with Crippen LogP contribution in [-0.2, 0) is 0 Å². The van der Waals surface area contributed by atoms with Crippen molar-refractivity contribution < 1.29 is 0 Å². The molecule has 15 heavy (non-hydrogen) atoms. The summed E-state index contributed by atoms with van der Waals surface area (Å²) in [6.07, 6.45) is 2.18. The van der Waals surface area contributed by atoms with Gasteiger partial charge in [0.1, 0.15) is 0 Å². The molecule has 0 aliphatic carbocycles. The van der Waals surface area contributed by atoms with Crippen LogP contribution in [0.25, 0.3) is 6.08 Å². The molecule has 1 aromatic carbocycles. The van der Waals surface area contributed by atoms with E-state index in [1.807, 2.05) is 13.8 Å². The van der Waals surface area contributed by atoms with Crippen molar-refractivity contribution >= 4 is 11.8 Å². The van der Waals surface area contributed by atoms with Gasteiger partial charge in [-0.15, -0.1) is 0 Å². The Bertz CT molecular complexity index is 290. The largest absolute Gasteiger partial charge is 0.378 e. The van der Waals surface area contributed by atoms with E-state index in [0.717, 1.165) is 0 Å². The van der Waals surface area contributed by atoms with E-state index in [1.54, 1.807) is 0 Å². The molecule has 0 amide bonds.